The number of azo groups is 1. The highest BCUT2D eigenvalue weighted by molar-refractivity contribution is 5.75. The molecule has 10 nitrogen and oxygen atoms in total. The van der Waals surface area contributed by atoms with Gasteiger partial charge in [0, 0.05) is 12.7 Å². The van der Waals surface area contributed by atoms with E-state index in [1.807, 2.05) is 48.5 Å². The number of benzene rings is 2. The van der Waals surface area contributed by atoms with Crippen molar-refractivity contribution in [3.63, 3.8) is 0 Å². The number of esters is 1. The van der Waals surface area contributed by atoms with Crippen molar-refractivity contribution in [1.29, 1.82) is 15.8 Å². The van der Waals surface area contributed by atoms with E-state index in [2.05, 4.69) is 15.2 Å². The van der Waals surface area contributed by atoms with Crippen LogP contribution in [0, 0.1) is 34.0 Å². The van der Waals surface area contributed by atoms with Crippen molar-refractivity contribution < 1.29 is 9.53 Å². The van der Waals surface area contributed by atoms with Gasteiger partial charge < -0.3 is 9.64 Å². The lowest BCUT2D eigenvalue weighted by Crippen LogP contribution is -2.26. The van der Waals surface area contributed by atoms with Crippen molar-refractivity contribution in [3.05, 3.63) is 71.5 Å². The number of imidazole rings is 1. The Hall–Kier alpha value is -5.01. The van der Waals surface area contributed by atoms with E-state index in [0.29, 0.717) is 5.69 Å². The van der Waals surface area contributed by atoms with Crippen LogP contribution in [0.3, 0.4) is 0 Å². The first-order chi connectivity index (χ1) is 16.0. The molecule has 0 amide bonds. The van der Waals surface area contributed by atoms with Gasteiger partial charge in [-0.05, 0) is 29.8 Å². The van der Waals surface area contributed by atoms with Crippen LogP contribution in [0.1, 0.15) is 17.0 Å². The maximum absolute atomic E-state index is 12.1. The van der Waals surface area contributed by atoms with Gasteiger partial charge in [-0.25, -0.2) is 0 Å². The molecule has 33 heavy (non-hydrogen) atoms. The number of ether oxygens (including phenoxy) is 1. The molecule has 3 rings (SSSR count). The normalized spacial score (nSPS) is 10.2. The molecule has 10 heteroatoms. The third-order valence-electron chi connectivity index (χ3n) is 4.54. The molecule has 2 aromatic carbocycles. The summed E-state index contributed by atoms with van der Waals surface area (Å²) in [7, 11) is 1.77. The fraction of sp³-hybridized carbons (Fsp3) is 0.174. The average molecular weight is 438 g/mol. The Labute approximate surface area is 190 Å². The van der Waals surface area contributed by atoms with Gasteiger partial charge in [0.15, 0.2) is 11.4 Å². The van der Waals surface area contributed by atoms with Crippen LogP contribution in [0.15, 0.2) is 64.8 Å². The molecule has 0 aliphatic rings. The van der Waals surface area contributed by atoms with Crippen LogP contribution in [0.25, 0.3) is 0 Å². The Morgan fingerprint density at radius 2 is 1.79 bits per heavy atom. The first-order valence-electron chi connectivity index (χ1n) is 9.76. The first-order valence-corrected chi connectivity index (χ1v) is 9.76. The SMILES string of the molecule is CN(CC(=O)OCc1ccccc1)c1ccc(N=Nc2nc(C#N)c(C#N)n2CC#N)cc1. The Morgan fingerprint density at radius 1 is 1.06 bits per heavy atom. The fourth-order valence-electron chi connectivity index (χ4n) is 2.87. The highest BCUT2D eigenvalue weighted by atomic mass is 16.5. The molecule has 0 fully saturated rings. The Balaban J connectivity index is 1.63. The zero-order valence-corrected chi connectivity index (χ0v) is 17.7. The van der Waals surface area contributed by atoms with Gasteiger partial charge in [-0.3, -0.25) is 9.36 Å². The van der Waals surface area contributed by atoms with E-state index >= 15 is 0 Å². The van der Waals surface area contributed by atoms with Gasteiger partial charge in [-0.15, -0.1) is 10.2 Å². The van der Waals surface area contributed by atoms with E-state index in [1.165, 1.54) is 4.57 Å². The van der Waals surface area contributed by atoms with Gasteiger partial charge in [0.25, 0.3) is 5.95 Å². The first kappa shape index (κ1) is 22.7. The van der Waals surface area contributed by atoms with Crippen LogP contribution in [0.4, 0.5) is 17.3 Å². The number of nitrogens with zero attached hydrogens (tertiary/aromatic N) is 8. The lowest BCUT2D eigenvalue weighted by atomic mass is 10.2. The number of hydrogen-bond donors (Lipinski definition) is 0. The van der Waals surface area contributed by atoms with Gasteiger partial charge in [0.2, 0.25) is 0 Å². The molecule has 0 bridgehead atoms. The van der Waals surface area contributed by atoms with E-state index in [9.17, 15) is 10.1 Å². The minimum absolute atomic E-state index is 0.00740. The standard InChI is InChI=1S/C23H18N8O2/c1-30(15-22(32)33-16-17-5-3-2-4-6-17)19-9-7-18(8-10-19)28-29-23-27-20(13-25)21(14-26)31(23)12-11-24/h2-10H,12,15-16H2,1H3. The Morgan fingerprint density at radius 3 is 2.42 bits per heavy atom. The molecule has 0 saturated carbocycles. The minimum atomic E-state index is -0.351. The number of likely N-dealkylation sites (N-methyl/N-ethyl adjacent to an activating group) is 1. The monoisotopic (exact) mass is 438 g/mol. The molecule has 0 N–H and O–H groups in total. The Kier molecular flexibility index (Phi) is 7.45. The third kappa shape index (κ3) is 5.78. The van der Waals surface area contributed by atoms with Crippen LogP contribution in [-0.2, 0) is 22.7 Å². The van der Waals surface area contributed by atoms with Crippen molar-refractivity contribution in [2.24, 2.45) is 10.2 Å². The lowest BCUT2D eigenvalue weighted by molar-refractivity contribution is -0.143. The predicted molar refractivity (Wildman–Crippen MR) is 117 cm³/mol. The second-order valence-electron chi connectivity index (χ2n) is 6.80. The van der Waals surface area contributed by atoms with Gasteiger partial charge in [-0.2, -0.15) is 20.8 Å². The summed E-state index contributed by atoms with van der Waals surface area (Å²) >= 11 is 0. The zero-order valence-electron chi connectivity index (χ0n) is 17.7. The van der Waals surface area contributed by atoms with Crippen LogP contribution in [0.2, 0.25) is 0 Å². The fourth-order valence-corrected chi connectivity index (χ4v) is 2.87. The van der Waals surface area contributed by atoms with Gasteiger partial charge in [0.05, 0.1) is 11.8 Å². The van der Waals surface area contributed by atoms with Crippen LogP contribution >= 0.6 is 0 Å². The number of aromatic nitrogens is 2. The molecule has 3 aromatic rings. The molecule has 1 aromatic heterocycles. The number of carbonyl (C=O) groups excluding carboxylic acids is 1. The summed E-state index contributed by atoms with van der Waals surface area (Å²) in [5.74, 6) is -0.358. The molecule has 0 saturated heterocycles. The average Bonchev–Trinajstić information content (AvgIpc) is 3.19. The summed E-state index contributed by atoms with van der Waals surface area (Å²) in [6.07, 6.45) is 0. The number of hydrogen-bond acceptors (Lipinski definition) is 9. The van der Waals surface area contributed by atoms with Gasteiger partial charge in [0.1, 0.15) is 31.8 Å². The van der Waals surface area contributed by atoms with E-state index in [-0.39, 0.29) is 43.0 Å². The van der Waals surface area contributed by atoms with Crippen LogP contribution in [0.5, 0.6) is 0 Å². The summed E-state index contributed by atoms with van der Waals surface area (Å²) < 4.78 is 6.53. The quantitative estimate of drug-likeness (QED) is 0.385. The number of anilines is 1. The minimum Gasteiger partial charge on any atom is -0.459 e. The predicted octanol–water partition coefficient (Wildman–Crippen LogP) is 3.75. The summed E-state index contributed by atoms with van der Waals surface area (Å²) in [5.41, 5.74) is 2.03. The molecule has 0 aliphatic heterocycles. The van der Waals surface area contributed by atoms with Crippen molar-refractivity contribution in [1.82, 2.24) is 9.55 Å². The molecule has 162 valence electrons. The second-order valence-corrected chi connectivity index (χ2v) is 6.80. The van der Waals surface area contributed by atoms with Crippen LogP contribution in [-0.4, -0.2) is 29.1 Å². The van der Waals surface area contributed by atoms with E-state index in [0.717, 1.165) is 11.3 Å². The van der Waals surface area contributed by atoms with Crippen LogP contribution < -0.4 is 4.90 Å². The second kappa shape index (κ2) is 10.9. The summed E-state index contributed by atoms with van der Waals surface area (Å²) in [6, 6.07) is 21.9. The zero-order chi connectivity index (χ0) is 23.6. The van der Waals surface area contributed by atoms with Crippen molar-refractivity contribution in [3.8, 4) is 18.2 Å². The summed E-state index contributed by atoms with van der Waals surface area (Å²) in [5, 5.41) is 35.3. The number of carbonyl (C=O) groups is 1. The van der Waals surface area contributed by atoms with Crippen molar-refractivity contribution in [2.45, 2.75) is 13.2 Å². The number of rotatable bonds is 8. The molecule has 0 radical (unpaired) electrons. The maximum Gasteiger partial charge on any atom is 0.325 e. The lowest BCUT2D eigenvalue weighted by Gasteiger charge is -2.18. The highest BCUT2D eigenvalue weighted by Crippen LogP contribution is 2.23. The number of nitriles is 3. The van der Waals surface area contributed by atoms with Gasteiger partial charge in [-0.1, -0.05) is 30.3 Å². The molecule has 0 atom stereocenters. The maximum atomic E-state index is 12.1. The Bertz CT molecular complexity index is 1280. The molecule has 0 aliphatic carbocycles. The molecular formula is C23H18N8O2. The van der Waals surface area contributed by atoms with Crippen molar-refractivity contribution in [2.75, 3.05) is 18.5 Å². The summed E-state index contributed by atoms with van der Waals surface area (Å²) in [6.45, 7) is 0.110. The highest BCUT2D eigenvalue weighted by Gasteiger charge is 2.16. The summed E-state index contributed by atoms with van der Waals surface area (Å²) in [4.78, 5) is 17.8. The molecule has 0 unspecified atom stereocenters. The molecule has 1 heterocycles. The smallest absolute Gasteiger partial charge is 0.325 e. The van der Waals surface area contributed by atoms with Gasteiger partial charge >= 0.3 is 5.97 Å². The van der Waals surface area contributed by atoms with E-state index in [1.54, 1.807) is 36.2 Å². The van der Waals surface area contributed by atoms with E-state index in [4.69, 9.17) is 15.3 Å². The topological polar surface area (TPSA) is 143 Å². The molecular weight excluding hydrogens is 420 g/mol. The van der Waals surface area contributed by atoms with E-state index < -0.39 is 0 Å². The molecule has 0 spiro atoms. The largest absolute Gasteiger partial charge is 0.459 e. The third-order valence-corrected chi connectivity index (χ3v) is 4.54. The van der Waals surface area contributed by atoms with Crippen molar-refractivity contribution >= 4 is 23.3 Å².